The van der Waals surface area contributed by atoms with Crippen molar-refractivity contribution in [1.82, 2.24) is 30.4 Å². The number of halogens is 1. The minimum Gasteiger partial charge on any atom is -0.501 e. The normalized spacial score (nSPS) is 16.6. The summed E-state index contributed by atoms with van der Waals surface area (Å²) < 4.78 is 89.4. The number of rotatable bonds is 6. The summed E-state index contributed by atoms with van der Waals surface area (Å²) in [4.78, 5) is 42.5. The van der Waals surface area contributed by atoms with Crippen LogP contribution in [0, 0.1) is 12.7 Å². The summed E-state index contributed by atoms with van der Waals surface area (Å²) in [6, 6.07) is 4.71. The van der Waals surface area contributed by atoms with Crippen molar-refractivity contribution >= 4 is 11.8 Å². The van der Waals surface area contributed by atoms with E-state index in [2.05, 4.69) is 20.5 Å². The maximum atomic E-state index is 13.2. The van der Waals surface area contributed by atoms with Crippen LogP contribution >= 0.6 is 0 Å². The highest BCUT2D eigenvalue weighted by molar-refractivity contribution is 5.94. The summed E-state index contributed by atoms with van der Waals surface area (Å²) in [5.41, 5.74) is -6.64. The fraction of sp³-hybridized carbons (Fsp3) is 0.300. The molecule has 3 rings (SSSR count). The van der Waals surface area contributed by atoms with E-state index in [0.29, 0.717) is 5.56 Å². The Kier molecular flexibility index (Phi) is 3.58. The zero-order valence-corrected chi connectivity index (χ0v) is 16.3. The van der Waals surface area contributed by atoms with Crippen molar-refractivity contribution in [1.29, 1.82) is 0 Å². The summed E-state index contributed by atoms with van der Waals surface area (Å²) in [7, 11) is 0. The fourth-order valence-corrected chi connectivity index (χ4v) is 2.46. The van der Waals surface area contributed by atoms with Gasteiger partial charge >= 0.3 is 11.8 Å². The Morgan fingerprint density at radius 1 is 1.25 bits per heavy atom. The monoisotopic (exact) mass is 453 g/mol. The molecule has 1 aromatic carbocycles. The van der Waals surface area contributed by atoms with Gasteiger partial charge in [-0.05, 0) is 31.4 Å². The van der Waals surface area contributed by atoms with Gasteiger partial charge in [-0.3, -0.25) is 19.0 Å². The van der Waals surface area contributed by atoms with Crippen molar-refractivity contribution in [3.05, 3.63) is 69.3 Å². The number of nitrogens with one attached hydrogen (secondary N) is 2. The quantitative estimate of drug-likeness (QED) is 0.498. The number of amides is 2. The SMILES string of the molecule is [2H]C([2H])([2H])n1c(C(NC(=O)c2nnc(C)o2)(C([2H])([2H])[2H])C([2H])([2H])[2H])nc(C(=O)NCc2ccc(F)cc2)c(O)c1=O. The van der Waals surface area contributed by atoms with Gasteiger partial charge in [-0.15, -0.1) is 10.2 Å². The van der Waals surface area contributed by atoms with Crippen LogP contribution in [0.1, 0.15) is 64.5 Å². The highest BCUT2D eigenvalue weighted by atomic mass is 19.1. The van der Waals surface area contributed by atoms with Gasteiger partial charge in [0, 0.05) is 32.8 Å². The van der Waals surface area contributed by atoms with Crippen LogP contribution in [0.3, 0.4) is 0 Å². The Morgan fingerprint density at radius 3 is 2.56 bits per heavy atom. The van der Waals surface area contributed by atoms with Crippen molar-refractivity contribution in [3.8, 4) is 5.75 Å². The van der Waals surface area contributed by atoms with Crippen molar-refractivity contribution in [2.24, 2.45) is 6.98 Å². The van der Waals surface area contributed by atoms with Gasteiger partial charge in [-0.25, -0.2) is 9.37 Å². The molecule has 0 unspecified atom stereocenters. The molecule has 0 aliphatic rings. The summed E-state index contributed by atoms with van der Waals surface area (Å²) >= 11 is 0. The zero-order chi connectivity index (χ0) is 31.1. The smallest absolute Gasteiger partial charge is 0.309 e. The third kappa shape index (κ3) is 4.63. The molecule has 0 bridgehead atoms. The van der Waals surface area contributed by atoms with Crippen LogP contribution in [0.15, 0.2) is 33.5 Å². The molecule has 168 valence electrons. The number of benzene rings is 1. The predicted octanol–water partition coefficient (Wildman–Crippen LogP) is 0.912. The average Bonchev–Trinajstić information content (AvgIpc) is 3.27. The third-order valence-corrected chi connectivity index (χ3v) is 4.00. The number of aromatic nitrogens is 4. The number of carbonyl (C=O) groups is 2. The summed E-state index contributed by atoms with van der Waals surface area (Å²) in [5.74, 6) is -7.83. The van der Waals surface area contributed by atoms with Crippen molar-refractivity contribution < 1.29 is 35.8 Å². The molecule has 0 spiro atoms. The topological polar surface area (TPSA) is 152 Å². The zero-order valence-electron chi connectivity index (χ0n) is 25.3. The molecule has 2 aromatic heterocycles. The lowest BCUT2D eigenvalue weighted by atomic mass is 10.0. The first-order valence-corrected chi connectivity index (χ1v) is 8.73. The van der Waals surface area contributed by atoms with E-state index in [9.17, 15) is 23.9 Å². The van der Waals surface area contributed by atoms with E-state index in [-0.39, 0.29) is 12.4 Å². The Hall–Kier alpha value is -4.09. The van der Waals surface area contributed by atoms with Crippen LogP contribution < -0.4 is 16.2 Å². The molecule has 0 fully saturated rings. The summed E-state index contributed by atoms with van der Waals surface area (Å²) in [6.07, 6.45) is 0. The molecule has 0 radical (unpaired) electrons. The molecule has 3 aromatic rings. The maximum Gasteiger partial charge on any atom is 0.309 e. The van der Waals surface area contributed by atoms with Gasteiger partial charge in [0.05, 0.1) is 5.54 Å². The Bertz CT molecular complexity index is 1520. The first kappa shape index (κ1) is 13.3. The predicted molar refractivity (Wildman–Crippen MR) is 108 cm³/mol. The highest BCUT2D eigenvalue weighted by Crippen LogP contribution is 2.20. The molecule has 0 saturated heterocycles. The van der Waals surface area contributed by atoms with Gasteiger partial charge in [-0.1, -0.05) is 12.1 Å². The van der Waals surface area contributed by atoms with Crippen LogP contribution in [-0.4, -0.2) is 36.7 Å². The van der Waals surface area contributed by atoms with E-state index < -0.39 is 77.1 Å². The summed E-state index contributed by atoms with van der Waals surface area (Å²) in [6.45, 7) is -10.6. The average molecular weight is 453 g/mol. The van der Waals surface area contributed by atoms with Gasteiger partial charge in [0.15, 0.2) is 5.69 Å². The van der Waals surface area contributed by atoms with Crippen LogP contribution in [0.25, 0.3) is 0 Å². The number of hydrogen-bond acceptors (Lipinski definition) is 8. The highest BCUT2D eigenvalue weighted by Gasteiger charge is 2.32. The third-order valence-electron chi connectivity index (χ3n) is 4.00. The van der Waals surface area contributed by atoms with Crippen molar-refractivity contribution in [2.45, 2.75) is 32.7 Å². The molecule has 12 heteroatoms. The Labute approximate surface area is 194 Å². The van der Waals surface area contributed by atoms with Crippen LogP contribution in [0.2, 0.25) is 0 Å². The van der Waals surface area contributed by atoms with Gasteiger partial charge in [0.2, 0.25) is 11.6 Å². The Balaban J connectivity index is 2.31. The lowest BCUT2D eigenvalue weighted by Crippen LogP contribution is -2.46. The van der Waals surface area contributed by atoms with Gasteiger partial charge in [0.1, 0.15) is 11.6 Å². The fourth-order valence-electron chi connectivity index (χ4n) is 2.46. The van der Waals surface area contributed by atoms with E-state index in [1.54, 1.807) is 5.32 Å². The first-order chi connectivity index (χ1) is 18.7. The van der Waals surface area contributed by atoms with E-state index in [4.69, 9.17) is 16.8 Å². The number of aryl methyl sites for hydroxylation is 1. The number of hydrogen-bond donors (Lipinski definition) is 3. The van der Waals surface area contributed by atoms with E-state index in [1.165, 1.54) is 19.1 Å². The number of carbonyl (C=O) groups excluding carboxylic acids is 2. The minimum atomic E-state index is -3.89. The van der Waals surface area contributed by atoms with Crippen LogP contribution in [0.4, 0.5) is 4.39 Å². The molecule has 32 heavy (non-hydrogen) atoms. The molecule has 11 nitrogen and oxygen atoms in total. The number of aromatic hydroxyl groups is 1. The largest absolute Gasteiger partial charge is 0.501 e. The minimum absolute atomic E-state index is 0.175. The lowest BCUT2D eigenvalue weighted by molar-refractivity contribution is 0.0869. The van der Waals surface area contributed by atoms with Crippen LogP contribution in [0.5, 0.6) is 5.75 Å². The number of nitrogens with zero attached hydrogens (tertiary/aromatic N) is 4. The molecule has 2 amide bonds. The van der Waals surface area contributed by atoms with Gasteiger partial charge in [0.25, 0.3) is 11.5 Å². The van der Waals surface area contributed by atoms with Gasteiger partial charge in [-0.2, -0.15) is 0 Å². The maximum absolute atomic E-state index is 13.2. The van der Waals surface area contributed by atoms with Crippen molar-refractivity contribution in [3.63, 3.8) is 0 Å². The molecule has 0 aliphatic heterocycles. The lowest BCUT2D eigenvalue weighted by Gasteiger charge is -2.27. The van der Waals surface area contributed by atoms with E-state index in [0.717, 1.165) is 12.1 Å². The second-order valence-corrected chi connectivity index (χ2v) is 6.41. The van der Waals surface area contributed by atoms with E-state index in [1.807, 2.05) is 0 Å². The molecular formula is C20H21FN6O5. The first-order valence-electron chi connectivity index (χ1n) is 13.2. The van der Waals surface area contributed by atoms with Gasteiger partial charge < -0.3 is 20.2 Å². The second kappa shape index (κ2) is 8.57. The van der Waals surface area contributed by atoms with Crippen molar-refractivity contribution in [2.75, 3.05) is 0 Å². The molecule has 2 heterocycles. The van der Waals surface area contributed by atoms with E-state index >= 15 is 0 Å². The Morgan fingerprint density at radius 2 is 1.97 bits per heavy atom. The van der Waals surface area contributed by atoms with Crippen LogP contribution in [-0.2, 0) is 19.1 Å². The molecule has 3 N–H and O–H groups in total. The molecule has 0 atom stereocenters. The summed E-state index contributed by atoms with van der Waals surface area (Å²) in [5, 5.41) is 21.1. The standard InChI is InChI=1S/C20H21FN6O5/c1-10-25-26-17(32-10)16(30)24-20(2,3)19-23-13(14(28)18(31)27(19)4)15(29)22-9-11-5-7-12(21)8-6-11/h5-8,28H,9H2,1-4H3,(H,22,29)(H,24,30)/i2D3,3D3,4D3. The molecular weight excluding hydrogens is 423 g/mol. The molecule has 0 aliphatic carbocycles. The molecule has 0 saturated carbocycles. The second-order valence-electron chi connectivity index (χ2n) is 6.41.